The maximum absolute atomic E-state index is 11.0. The molecule has 0 amide bonds. The zero-order valence-corrected chi connectivity index (χ0v) is 7.25. The van der Waals surface area contributed by atoms with Crippen molar-refractivity contribution in [1.82, 2.24) is 10.2 Å². The van der Waals surface area contributed by atoms with Gasteiger partial charge in [-0.25, -0.2) is 0 Å². The minimum atomic E-state index is -0.175. The highest BCUT2D eigenvalue weighted by Crippen LogP contribution is 1.93. The highest BCUT2D eigenvalue weighted by Gasteiger charge is 2.08. The van der Waals surface area contributed by atoms with Crippen molar-refractivity contribution < 1.29 is 9.53 Å². The van der Waals surface area contributed by atoms with Gasteiger partial charge in [0.2, 0.25) is 0 Å². The molecule has 0 atom stereocenters. The van der Waals surface area contributed by atoms with Crippen LogP contribution >= 0.6 is 0 Å². The smallest absolute Gasteiger partial charge is 0.325 e. The lowest BCUT2D eigenvalue weighted by atomic mass is 10.4. The van der Waals surface area contributed by atoms with E-state index in [4.69, 9.17) is 4.74 Å². The highest BCUT2D eigenvalue weighted by atomic mass is 16.5. The summed E-state index contributed by atoms with van der Waals surface area (Å²) in [4.78, 5) is 12.9. The van der Waals surface area contributed by atoms with E-state index in [-0.39, 0.29) is 5.97 Å². The van der Waals surface area contributed by atoms with Gasteiger partial charge in [0.15, 0.2) is 0 Å². The number of carbonyl (C=O) groups excluding carboxylic acids is 1. The van der Waals surface area contributed by atoms with Gasteiger partial charge in [-0.2, -0.15) is 0 Å². The van der Waals surface area contributed by atoms with Crippen molar-refractivity contribution in [3.8, 4) is 0 Å². The monoisotopic (exact) mass is 170 g/mol. The first-order valence-electron chi connectivity index (χ1n) is 4.10. The van der Waals surface area contributed by atoms with Crippen LogP contribution in [0.2, 0.25) is 0 Å². The lowest BCUT2D eigenvalue weighted by Gasteiger charge is -2.22. The zero-order valence-electron chi connectivity index (χ0n) is 7.25. The van der Waals surface area contributed by atoms with E-state index in [0.29, 0.717) is 13.2 Å². The third-order valence-corrected chi connectivity index (χ3v) is 1.53. The normalized spacial score (nSPS) is 16.2. The quantitative estimate of drug-likeness (QED) is 0.602. The van der Waals surface area contributed by atoms with E-state index in [1.54, 1.807) is 0 Å². The van der Waals surface area contributed by atoms with Crippen LogP contribution in [-0.2, 0) is 9.53 Å². The number of nitrogens with one attached hydrogen (secondary N) is 1. The number of ether oxygens (including phenoxy) is 1. The minimum Gasteiger partial charge on any atom is -0.465 e. The molecule has 0 fully saturated rings. The molecule has 1 rings (SSSR count). The van der Waals surface area contributed by atoms with Gasteiger partial charge in [0.1, 0.15) is 6.54 Å². The van der Waals surface area contributed by atoms with Gasteiger partial charge in [0, 0.05) is 6.54 Å². The molecule has 0 saturated carbocycles. The van der Waals surface area contributed by atoms with Crippen LogP contribution in [-0.4, -0.2) is 37.2 Å². The average molecular weight is 170 g/mol. The Morgan fingerprint density at radius 3 is 3.17 bits per heavy atom. The van der Waals surface area contributed by atoms with Gasteiger partial charge in [0.25, 0.3) is 0 Å². The SMILES string of the molecule is CCOC(=O)CN1C=CCNC1. The molecule has 1 aliphatic heterocycles. The van der Waals surface area contributed by atoms with Crippen LogP contribution in [0.4, 0.5) is 0 Å². The van der Waals surface area contributed by atoms with Gasteiger partial charge in [-0.05, 0) is 13.1 Å². The van der Waals surface area contributed by atoms with Crippen LogP contribution in [0.1, 0.15) is 6.92 Å². The Hall–Kier alpha value is -1.03. The molecule has 0 spiro atoms. The van der Waals surface area contributed by atoms with Crippen LogP contribution in [0.5, 0.6) is 0 Å². The van der Waals surface area contributed by atoms with Crippen LogP contribution in [0, 0.1) is 0 Å². The largest absolute Gasteiger partial charge is 0.465 e. The average Bonchev–Trinajstić information content (AvgIpc) is 2.06. The second kappa shape index (κ2) is 4.77. The summed E-state index contributed by atoms with van der Waals surface area (Å²) in [5.74, 6) is -0.175. The van der Waals surface area contributed by atoms with Gasteiger partial charge in [-0.3, -0.25) is 10.1 Å². The molecule has 12 heavy (non-hydrogen) atoms. The molecule has 1 heterocycles. The Bertz CT molecular complexity index is 180. The Morgan fingerprint density at radius 1 is 1.75 bits per heavy atom. The topological polar surface area (TPSA) is 41.6 Å². The maximum atomic E-state index is 11.0. The fourth-order valence-corrected chi connectivity index (χ4v) is 1.03. The lowest BCUT2D eigenvalue weighted by molar-refractivity contribution is -0.143. The second-order valence-corrected chi connectivity index (χ2v) is 2.55. The van der Waals surface area contributed by atoms with E-state index in [2.05, 4.69) is 5.32 Å². The van der Waals surface area contributed by atoms with Crippen molar-refractivity contribution in [3.63, 3.8) is 0 Å². The van der Waals surface area contributed by atoms with Crippen LogP contribution in [0.25, 0.3) is 0 Å². The minimum absolute atomic E-state index is 0.175. The molecule has 1 N–H and O–H groups in total. The fourth-order valence-electron chi connectivity index (χ4n) is 1.03. The third kappa shape index (κ3) is 2.92. The summed E-state index contributed by atoms with van der Waals surface area (Å²) < 4.78 is 4.80. The number of rotatable bonds is 3. The van der Waals surface area contributed by atoms with Gasteiger partial charge in [0.05, 0.1) is 13.3 Å². The van der Waals surface area contributed by atoms with E-state index in [1.807, 2.05) is 24.1 Å². The van der Waals surface area contributed by atoms with Crippen molar-refractivity contribution in [3.05, 3.63) is 12.3 Å². The van der Waals surface area contributed by atoms with Crippen molar-refractivity contribution in [2.75, 3.05) is 26.4 Å². The standard InChI is InChI=1S/C8H14N2O2/c1-2-12-8(11)6-10-5-3-4-9-7-10/h3,5,9H,2,4,6-7H2,1H3. The second-order valence-electron chi connectivity index (χ2n) is 2.55. The van der Waals surface area contributed by atoms with E-state index in [0.717, 1.165) is 13.2 Å². The fraction of sp³-hybridized carbons (Fsp3) is 0.625. The zero-order chi connectivity index (χ0) is 8.81. The molecule has 4 heteroatoms. The first-order valence-corrected chi connectivity index (χ1v) is 4.10. The van der Waals surface area contributed by atoms with E-state index < -0.39 is 0 Å². The molecule has 0 aromatic heterocycles. The number of esters is 1. The molecular formula is C8H14N2O2. The molecule has 0 radical (unpaired) electrons. The molecule has 4 nitrogen and oxygen atoms in total. The molecule has 0 aromatic carbocycles. The van der Waals surface area contributed by atoms with Gasteiger partial charge in [-0.1, -0.05) is 6.08 Å². The van der Waals surface area contributed by atoms with E-state index in [9.17, 15) is 4.79 Å². The van der Waals surface area contributed by atoms with Crippen LogP contribution in [0.3, 0.4) is 0 Å². The van der Waals surface area contributed by atoms with Gasteiger partial charge in [-0.15, -0.1) is 0 Å². The van der Waals surface area contributed by atoms with Crippen molar-refractivity contribution in [2.45, 2.75) is 6.92 Å². The summed E-state index contributed by atoms with van der Waals surface area (Å²) >= 11 is 0. The van der Waals surface area contributed by atoms with Gasteiger partial charge < -0.3 is 9.64 Å². The number of hydrogen-bond acceptors (Lipinski definition) is 4. The lowest BCUT2D eigenvalue weighted by Crippen LogP contribution is -2.37. The summed E-state index contributed by atoms with van der Waals surface area (Å²) in [5.41, 5.74) is 0. The van der Waals surface area contributed by atoms with Gasteiger partial charge >= 0.3 is 5.97 Å². The Labute approximate surface area is 72.2 Å². The summed E-state index contributed by atoms with van der Waals surface area (Å²) in [6.45, 7) is 4.18. The molecule has 1 aliphatic rings. The molecule has 0 aromatic rings. The number of hydrogen-bond donors (Lipinski definition) is 1. The first kappa shape index (κ1) is 9.06. The van der Waals surface area contributed by atoms with Crippen molar-refractivity contribution in [1.29, 1.82) is 0 Å². The predicted molar refractivity (Wildman–Crippen MR) is 45.3 cm³/mol. The predicted octanol–water partition coefficient (Wildman–Crippen LogP) is -0.0741. The van der Waals surface area contributed by atoms with Crippen molar-refractivity contribution in [2.24, 2.45) is 0 Å². The van der Waals surface area contributed by atoms with E-state index >= 15 is 0 Å². The summed E-state index contributed by atoms with van der Waals surface area (Å²) in [6.07, 6.45) is 3.89. The summed E-state index contributed by atoms with van der Waals surface area (Å²) in [5, 5.41) is 3.11. The molecule has 0 bridgehead atoms. The molecule has 0 saturated heterocycles. The highest BCUT2D eigenvalue weighted by molar-refractivity contribution is 5.71. The van der Waals surface area contributed by atoms with Crippen molar-refractivity contribution >= 4 is 5.97 Å². The molecule has 0 unspecified atom stereocenters. The summed E-state index contributed by atoms with van der Waals surface area (Å²) in [6, 6.07) is 0. The number of nitrogens with zero attached hydrogens (tertiary/aromatic N) is 1. The van der Waals surface area contributed by atoms with E-state index in [1.165, 1.54) is 0 Å². The Kier molecular flexibility index (Phi) is 3.60. The Morgan fingerprint density at radius 2 is 2.58 bits per heavy atom. The molecule has 68 valence electrons. The molecular weight excluding hydrogens is 156 g/mol. The maximum Gasteiger partial charge on any atom is 0.325 e. The Balaban J connectivity index is 2.25. The van der Waals surface area contributed by atoms with Crippen LogP contribution < -0.4 is 5.32 Å². The molecule has 0 aliphatic carbocycles. The summed E-state index contributed by atoms with van der Waals surface area (Å²) in [7, 11) is 0. The first-order chi connectivity index (χ1) is 5.83. The van der Waals surface area contributed by atoms with Crippen LogP contribution in [0.15, 0.2) is 12.3 Å². The number of carbonyl (C=O) groups is 1. The third-order valence-electron chi connectivity index (χ3n) is 1.53.